The lowest BCUT2D eigenvalue weighted by Crippen LogP contribution is -2.05. The van der Waals surface area contributed by atoms with Gasteiger partial charge in [0.05, 0.1) is 13.2 Å². The molecule has 1 aromatic carbocycles. The van der Waals surface area contributed by atoms with E-state index in [9.17, 15) is 0 Å². The Bertz CT molecular complexity index is 424. The molecule has 1 saturated carbocycles. The van der Waals surface area contributed by atoms with Crippen LogP contribution in [0.4, 0.5) is 0 Å². The van der Waals surface area contributed by atoms with Gasteiger partial charge in [-0.05, 0) is 36.5 Å². The van der Waals surface area contributed by atoms with Crippen molar-refractivity contribution in [3.8, 4) is 11.8 Å². The number of ether oxygens (including phenoxy) is 1. The van der Waals surface area contributed by atoms with Gasteiger partial charge >= 0.3 is 0 Å². The van der Waals surface area contributed by atoms with Crippen LogP contribution in [0.25, 0.3) is 0 Å². The average molecular weight is 243 g/mol. The second-order valence-electron chi connectivity index (χ2n) is 4.87. The summed E-state index contributed by atoms with van der Waals surface area (Å²) in [4.78, 5) is 0. The predicted molar refractivity (Wildman–Crippen MR) is 74.0 cm³/mol. The van der Waals surface area contributed by atoms with E-state index >= 15 is 0 Å². The fraction of sp³-hybridized carbons (Fsp3) is 0.500. The Morgan fingerprint density at radius 2 is 2.11 bits per heavy atom. The van der Waals surface area contributed by atoms with E-state index in [1.807, 2.05) is 12.1 Å². The van der Waals surface area contributed by atoms with Gasteiger partial charge in [0.1, 0.15) is 0 Å². The Labute approximate surface area is 110 Å². The van der Waals surface area contributed by atoms with Gasteiger partial charge in [-0.25, -0.2) is 0 Å². The summed E-state index contributed by atoms with van der Waals surface area (Å²) in [7, 11) is 0. The number of nitrogens with two attached hydrogens (primary N) is 1. The number of benzene rings is 1. The molecule has 0 unspecified atom stereocenters. The molecule has 96 valence electrons. The SMILES string of the molecule is NCC#Cc1cccc(COCC2CCCC2)c1. The molecule has 1 aromatic rings. The van der Waals surface area contributed by atoms with Gasteiger partial charge in [-0.2, -0.15) is 0 Å². The molecule has 0 amide bonds. The molecule has 18 heavy (non-hydrogen) atoms. The van der Waals surface area contributed by atoms with Gasteiger partial charge in [0.25, 0.3) is 0 Å². The van der Waals surface area contributed by atoms with E-state index in [0.29, 0.717) is 13.2 Å². The topological polar surface area (TPSA) is 35.2 Å². The minimum Gasteiger partial charge on any atom is -0.376 e. The monoisotopic (exact) mass is 243 g/mol. The van der Waals surface area contributed by atoms with Crippen LogP contribution >= 0.6 is 0 Å². The molecule has 2 heteroatoms. The normalized spacial score (nSPS) is 15.4. The van der Waals surface area contributed by atoms with Crippen LogP contribution in [0.15, 0.2) is 24.3 Å². The van der Waals surface area contributed by atoms with Crippen molar-refractivity contribution in [2.24, 2.45) is 11.7 Å². The third-order valence-corrected chi connectivity index (χ3v) is 3.36. The molecular formula is C16H21NO. The van der Waals surface area contributed by atoms with Crippen molar-refractivity contribution in [2.45, 2.75) is 32.3 Å². The van der Waals surface area contributed by atoms with Crippen LogP contribution in [-0.2, 0) is 11.3 Å². The lowest BCUT2D eigenvalue weighted by Gasteiger charge is -2.09. The minimum atomic E-state index is 0.405. The summed E-state index contributed by atoms with van der Waals surface area (Å²) in [6.45, 7) is 2.00. The maximum absolute atomic E-state index is 5.79. The third-order valence-electron chi connectivity index (χ3n) is 3.36. The van der Waals surface area contributed by atoms with Crippen LogP contribution in [-0.4, -0.2) is 13.2 Å². The first-order valence-electron chi connectivity index (χ1n) is 6.74. The fourth-order valence-corrected chi connectivity index (χ4v) is 2.41. The van der Waals surface area contributed by atoms with E-state index < -0.39 is 0 Å². The highest BCUT2D eigenvalue weighted by Gasteiger charge is 2.14. The smallest absolute Gasteiger partial charge is 0.0717 e. The lowest BCUT2D eigenvalue weighted by atomic mass is 10.1. The van der Waals surface area contributed by atoms with E-state index in [0.717, 1.165) is 18.1 Å². The quantitative estimate of drug-likeness (QED) is 0.825. The molecule has 0 heterocycles. The molecule has 0 atom stereocenters. The first kappa shape index (κ1) is 13.1. The van der Waals surface area contributed by atoms with Crippen LogP contribution in [0.5, 0.6) is 0 Å². The van der Waals surface area contributed by atoms with Crippen molar-refractivity contribution in [1.82, 2.24) is 0 Å². The Balaban J connectivity index is 1.81. The first-order chi connectivity index (χ1) is 8.88. The maximum Gasteiger partial charge on any atom is 0.0717 e. The van der Waals surface area contributed by atoms with E-state index in [1.165, 1.54) is 31.2 Å². The van der Waals surface area contributed by atoms with E-state index in [1.54, 1.807) is 0 Å². The summed E-state index contributed by atoms with van der Waals surface area (Å²) in [5, 5.41) is 0. The number of hydrogen-bond acceptors (Lipinski definition) is 2. The fourth-order valence-electron chi connectivity index (χ4n) is 2.41. The van der Waals surface area contributed by atoms with Crippen molar-refractivity contribution >= 4 is 0 Å². The zero-order valence-corrected chi connectivity index (χ0v) is 10.8. The van der Waals surface area contributed by atoms with Crippen LogP contribution in [0, 0.1) is 17.8 Å². The van der Waals surface area contributed by atoms with Crippen LogP contribution in [0.2, 0.25) is 0 Å². The summed E-state index contributed by atoms with van der Waals surface area (Å²) in [5.74, 6) is 6.70. The van der Waals surface area contributed by atoms with Crippen molar-refractivity contribution in [2.75, 3.05) is 13.2 Å². The Morgan fingerprint density at radius 1 is 1.28 bits per heavy atom. The van der Waals surface area contributed by atoms with Crippen LogP contribution in [0.1, 0.15) is 36.8 Å². The van der Waals surface area contributed by atoms with Gasteiger partial charge in [-0.3, -0.25) is 0 Å². The molecule has 0 radical (unpaired) electrons. The van der Waals surface area contributed by atoms with Gasteiger partial charge in [0.2, 0.25) is 0 Å². The molecule has 0 aliphatic heterocycles. The molecule has 2 N–H and O–H groups in total. The van der Waals surface area contributed by atoms with E-state index in [4.69, 9.17) is 10.5 Å². The van der Waals surface area contributed by atoms with Crippen LogP contribution < -0.4 is 5.73 Å². The second kappa shape index (κ2) is 7.20. The largest absolute Gasteiger partial charge is 0.376 e. The molecule has 0 saturated heterocycles. The third kappa shape index (κ3) is 4.18. The predicted octanol–water partition coefficient (Wildman–Crippen LogP) is 2.70. The number of rotatable bonds is 4. The summed E-state index contributed by atoms with van der Waals surface area (Å²) >= 11 is 0. The highest BCUT2D eigenvalue weighted by molar-refractivity contribution is 5.37. The second-order valence-corrected chi connectivity index (χ2v) is 4.87. The highest BCUT2D eigenvalue weighted by Crippen LogP contribution is 2.24. The highest BCUT2D eigenvalue weighted by atomic mass is 16.5. The van der Waals surface area contributed by atoms with E-state index in [2.05, 4.69) is 24.0 Å². The summed E-state index contributed by atoms with van der Waals surface area (Å²) in [6.07, 6.45) is 5.42. The molecule has 1 aliphatic rings. The van der Waals surface area contributed by atoms with Crippen molar-refractivity contribution in [3.05, 3.63) is 35.4 Å². The molecule has 1 aliphatic carbocycles. The molecule has 0 bridgehead atoms. The van der Waals surface area contributed by atoms with Crippen molar-refractivity contribution in [1.29, 1.82) is 0 Å². The molecular weight excluding hydrogens is 222 g/mol. The van der Waals surface area contributed by atoms with Gasteiger partial charge in [-0.15, -0.1) is 0 Å². The van der Waals surface area contributed by atoms with Crippen molar-refractivity contribution in [3.63, 3.8) is 0 Å². The zero-order valence-electron chi connectivity index (χ0n) is 10.8. The maximum atomic E-state index is 5.79. The number of hydrogen-bond donors (Lipinski definition) is 1. The average Bonchev–Trinajstić information content (AvgIpc) is 2.90. The lowest BCUT2D eigenvalue weighted by molar-refractivity contribution is 0.0889. The Hall–Kier alpha value is -1.30. The molecule has 0 aromatic heterocycles. The Morgan fingerprint density at radius 3 is 2.89 bits per heavy atom. The van der Waals surface area contributed by atoms with Gasteiger partial charge in [0.15, 0.2) is 0 Å². The van der Waals surface area contributed by atoms with Crippen LogP contribution in [0.3, 0.4) is 0 Å². The molecule has 1 fully saturated rings. The van der Waals surface area contributed by atoms with Crippen molar-refractivity contribution < 1.29 is 4.74 Å². The summed E-state index contributed by atoms with van der Waals surface area (Å²) < 4.78 is 5.79. The molecule has 0 spiro atoms. The first-order valence-corrected chi connectivity index (χ1v) is 6.74. The van der Waals surface area contributed by atoms with Gasteiger partial charge < -0.3 is 10.5 Å². The van der Waals surface area contributed by atoms with Gasteiger partial charge in [-0.1, -0.05) is 36.8 Å². The molecule has 2 nitrogen and oxygen atoms in total. The zero-order chi connectivity index (χ0) is 12.6. The van der Waals surface area contributed by atoms with E-state index in [-0.39, 0.29) is 0 Å². The minimum absolute atomic E-state index is 0.405. The Kier molecular flexibility index (Phi) is 5.26. The standard InChI is InChI=1S/C16H21NO/c17-10-4-9-14-7-3-8-16(11-14)13-18-12-15-5-1-2-6-15/h3,7-8,11,15H,1-2,5-6,10,12-13,17H2. The summed E-state index contributed by atoms with van der Waals surface area (Å²) in [6, 6.07) is 8.19. The summed E-state index contributed by atoms with van der Waals surface area (Å²) in [5.41, 5.74) is 7.57. The van der Waals surface area contributed by atoms with Gasteiger partial charge in [0, 0.05) is 12.2 Å². The molecule has 2 rings (SSSR count).